The molecule has 1 atom stereocenters. The highest BCUT2D eigenvalue weighted by Crippen LogP contribution is 2.15. The van der Waals surface area contributed by atoms with E-state index in [2.05, 4.69) is 30.7 Å². The van der Waals surface area contributed by atoms with Crippen LogP contribution in [0.3, 0.4) is 0 Å². The van der Waals surface area contributed by atoms with E-state index in [9.17, 15) is 0 Å². The molecule has 158 valence electrons. The minimum atomic E-state index is 0.220. The van der Waals surface area contributed by atoms with Gasteiger partial charge in [-0.3, -0.25) is 4.99 Å². The molecule has 0 saturated carbocycles. The van der Waals surface area contributed by atoms with E-state index in [1.165, 1.54) is 0 Å². The third kappa shape index (κ3) is 5.88. The maximum atomic E-state index is 5.69. The summed E-state index contributed by atoms with van der Waals surface area (Å²) in [6.07, 6.45) is 3.55. The Morgan fingerprint density at radius 2 is 2.21 bits per heavy atom. The van der Waals surface area contributed by atoms with Crippen LogP contribution in [0.15, 0.2) is 23.3 Å². The molecule has 0 amide bonds. The fraction of sp³-hybridized carbons (Fsp3) is 0.579. The first-order valence-corrected chi connectivity index (χ1v) is 9.67. The standard InChI is InChI=1S/C19H29N7O3/c1-20-19(22-11-14-5-4-8-21-18(14)29-10-9-27-2)23-15-6-7-17-24-16(13-28-3)25-26(17)12-15/h4-5,8,15H,6-7,9-13H2,1-3H3,(H2,20,22,23). The molecule has 0 fully saturated rings. The van der Waals surface area contributed by atoms with Crippen molar-refractivity contribution in [1.29, 1.82) is 0 Å². The molecule has 0 radical (unpaired) electrons. The summed E-state index contributed by atoms with van der Waals surface area (Å²) in [6.45, 7) is 2.70. The zero-order valence-corrected chi connectivity index (χ0v) is 17.2. The van der Waals surface area contributed by atoms with Crippen molar-refractivity contribution in [2.24, 2.45) is 4.99 Å². The van der Waals surface area contributed by atoms with E-state index in [0.717, 1.165) is 42.6 Å². The molecule has 0 spiro atoms. The highest BCUT2D eigenvalue weighted by Gasteiger charge is 2.22. The quantitative estimate of drug-likeness (QED) is 0.355. The van der Waals surface area contributed by atoms with Crippen molar-refractivity contribution < 1.29 is 14.2 Å². The average Bonchev–Trinajstić information content (AvgIpc) is 3.14. The summed E-state index contributed by atoms with van der Waals surface area (Å²) in [5, 5.41) is 11.3. The van der Waals surface area contributed by atoms with E-state index in [-0.39, 0.29) is 6.04 Å². The number of fused-ring (bicyclic) bond motifs is 1. The number of aryl methyl sites for hydroxylation is 1. The summed E-state index contributed by atoms with van der Waals surface area (Å²) in [7, 11) is 5.05. The minimum Gasteiger partial charge on any atom is -0.475 e. The monoisotopic (exact) mass is 403 g/mol. The van der Waals surface area contributed by atoms with Crippen molar-refractivity contribution in [3.8, 4) is 5.88 Å². The molecule has 3 heterocycles. The van der Waals surface area contributed by atoms with E-state index in [0.29, 0.717) is 32.2 Å². The lowest BCUT2D eigenvalue weighted by Gasteiger charge is -2.25. The third-order valence-electron chi connectivity index (χ3n) is 4.56. The van der Waals surface area contributed by atoms with E-state index in [4.69, 9.17) is 14.2 Å². The number of nitrogens with zero attached hydrogens (tertiary/aromatic N) is 5. The number of rotatable bonds is 9. The summed E-state index contributed by atoms with van der Waals surface area (Å²) >= 11 is 0. The number of guanidine groups is 1. The Morgan fingerprint density at radius 3 is 3.00 bits per heavy atom. The number of hydrogen-bond acceptors (Lipinski definition) is 7. The predicted octanol–water partition coefficient (Wildman–Crippen LogP) is 0.525. The van der Waals surface area contributed by atoms with Gasteiger partial charge in [-0.1, -0.05) is 6.07 Å². The van der Waals surface area contributed by atoms with Gasteiger partial charge in [0.1, 0.15) is 19.0 Å². The van der Waals surface area contributed by atoms with Gasteiger partial charge in [0, 0.05) is 52.0 Å². The smallest absolute Gasteiger partial charge is 0.218 e. The van der Waals surface area contributed by atoms with Crippen LogP contribution in [0.1, 0.15) is 23.6 Å². The van der Waals surface area contributed by atoms with Crippen LogP contribution in [-0.4, -0.2) is 66.2 Å². The van der Waals surface area contributed by atoms with Crippen molar-refractivity contribution in [3.05, 3.63) is 35.5 Å². The largest absolute Gasteiger partial charge is 0.475 e. The zero-order valence-electron chi connectivity index (χ0n) is 17.2. The number of hydrogen-bond donors (Lipinski definition) is 2. The first-order chi connectivity index (χ1) is 14.2. The zero-order chi connectivity index (χ0) is 20.5. The minimum absolute atomic E-state index is 0.220. The van der Waals surface area contributed by atoms with Crippen LogP contribution in [0.2, 0.25) is 0 Å². The van der Waals surface area contributed by atoms with Gasteiger partial charge in [0.05, 0.1) is 13.2 Å². The fourth-order valence-electron chi connectivity index (χ4n) is 3.15. The molecule has 2 aromatic heterocycles. The van der Waals surface area contributed by atoms with Gasteiger partial charge in [-0.05, 0) is 12.5 Å². The summed E-state index contributed by atoms with van der Waals surface area (Å²) in [4.78, 5) is 13.2. The third-order valence-corrected chi connectivity index (χ3v) is 4.56. The van der Waals surface area contributed by atoms with Crippen molar-refractivity contribution in [2.45, 2.75) is 38.6 Å². The molecule has 2 aromatic rings. The molecule has 0 bridgehead atoms. The number of nitrogens with one attached hydrogen (secondary N) is 2. The number of aromatic nitrogens is 4. The van der Waals surface area contributed by atoms with Crippen LogP contribution >= 0.6 is 0 Å². The Labute approximate surface area is 170 Å². The van der Waals surface area contributed by atoms with Crippen molar-refractivity contribution >= 4 is 5.96 Å². The number of ether oxygens (including phenoxy) is 3. The normalized spacial score (nSPS) is 16.4. The summed E-state index contributed by atoms with van der Waals surface area (Å²) in [6, 6.07) is 4.09. The Kier molecular flexibility index (Phi) is 7.77. The van der Waals surface area contributed by atoms with Crippen LogP contribution in [0.4, 0.5) is 0 Å². The lowest BCUT2D eigenvalue weighted by Crippen LogP contribution is -2.46. The molecule has 1 unspecified atom stereocenters. The Morgan fingerprint density at radius 1 is 1.31 bits per heavy atom. The van der Waals surface area contributed by atoms with Crippen molar-refractivity contribution in [3.63, 3.8) is 0 Å². The predicted molar refractivity (Wildman–Crippen MR) is 108 cm³/mol. The number of aliphatic imine (C=N–C) groups is 1. The van der Waals surface area contributed by atoms with Crippen LogP contribution in [-0.2, 0) is 35.6 Å². The first kappa shape index (κ1) is 21.0. The van der Waals surface area contributed by atoms with E-state index < -0.39 is 0 Å². The molecule has 2 N–H and O–H groups in total. The second kappa shape index (κ2) is 10.7. The van der Waals surface area contributed by atoms with Crippen LogP contribution in [0.25, 0.3) is 0 Å². The molecule has 1 aliphatic heterocycles. The summed E-state index contributed by atoms with van der Waals surface area (Å²) < 4.78 is 17.8. The molecule has 29 heavy (non-hydrogen) atoms. The molecular weight excluding hydrogens is 374 g/mol. The first-order valence-electron chi connectivity index (χ1n) is 9.67. The maximum Gasteiger partial charge on any atom is 0.218 e. The van der Waals surface area contributed by atoms with E-state index >= 15 is 0 Å². The molecule has 10 nitrogen and oxygen atoms in total. The highest BCUT2D eigenvalue weighted by molar-refractivity contribution is 5.80. The van der Waals surface area contributed by atoms with Gasteiger partial charge in [0.25, 0.3) is 0 Å². The fourth-order valence-corrected chi connectivity index (χ4v) is 3.15. The lowest BCUT2D eigenvalue weighted by atomic mass is 10.1. The maximum absolute atomic E-state index is 5.69. The molecule has 0 aliphatic carbocycles. The second-order valence-corrected chi connectivity index (χ2v) is 6.67. The van der Waals surface area contributed by atoms with Crippen LogP contribution in [0, 0.1) is 0 Å². The molecule has 10 heteroatoms. The Hall–Kier alpha value is -2.72. The molecule has 1 aliphatic rings. The lowest BCUT2D eigenvalue weighted by molar-refractivity contribution is 0.143. The average molecular weight is 403 g/mol. The summed E-state index contributed by atoms with van der Waals surface area (Å²) in [5.74, 6) is 3.06. The second-order valence-electron chi connectivity index (χ2n) is 6.67. The van der Waals surface area contributed by atoms with Gasteiger partial charge in [-0.25, -0.2) is 14.6 Å². The Bertz CT molecular complexity index is 809. The van der Waals surface area contributed by atoms with Gasteiger partial charge < -0.3 is 24.8 Å². The molecule has 0 aromatic carbocycles. The van der Waals surface area contributed by atoms with Crippen LogP contribution in [0.5, 0.6) is 5.88 Å². The van der Waals surface area contributed by atoms with E-state index in [1.54, 1.807) is 27.5 Å². The van der Waals surface area contributed by atoms with E-state index in [1.807, 2.05) is 16.8 Å². The molecule has 3 rings (SSSR count). The Balaban J connectivity index is 1.54. The van der Waals surface area contributed by atoms with Gasteiger partial charge >= 0.3 is 0 Å². The van der Waals surface area contributed by atoms with Gasteiger partial charge in [-0.15, -0.1) is 0 Å². The summed E-state index contributed by atoms with van der Waals surface area (Å²) in [5.41, 5.74) is 0.956. The van der Waals surface area contributed by atoms with Crippen LogP contribution < -0.4 is 15.4 Å². The van der Waals surface area contributed by atoms with Gasteiger partial charge in [0.2, 0.25) is 5.88 Å². The van der Waals surface area contributed by atoms with Crippen molar-refractivity contribution in [1.82, 2.24) is 30.4 Å². The molecular formula is C19H29N7O3. The topological polar surface area (TPSA) is 108 Å². The SMILES string of the molecule is CN=C(NCc1cccnc1OCCOC)NC1CCc2nc(COC)nn2C1. The highest BCUT2D eigenvalue weighted by atomic mass is 16.5. The molecule has 0 saturated heterocycles. The van der Waals surface area contributed by atoms with Gasteiger partial charge in [0.15, 0.2) is 11.8 Å². The number of pyridine rings is 1. The van der Waals surface area contributed by atoms with Gasteiger partial charge in [-0.2, -0.15) is 5.10 Å². The van der Waals surface area contributed by atoms with Crippen molar-refractivity contribution in [2.75, 3.05) is 34.5 Å². The number of methoxy groups -OCH3 is 2.